The van der Waals surface area contributed by atoms with E-state index < -0.39 is 0 Å². The molecule has 0 bridgehead atoms. The van der Waals surface area contributed by atoms with Gasteiger partial charge in [0.15, 0.2) is 0 Å². The molecule has 1 aliphatic heterocycles. The molecule has 2 N–H and O–H groups in total. The molecule has 1 atom stereocenters. The van der Waals surface area contributed by atoms with Crippen molar-refractivity contribution in [1.29, 1.82) is 0 Å². The molecular weight excluding hydrogens is 292 g/mol. The van der Waals surface area contributed by atoms with Crippen LogP contribution in [0, 0.1) is 0 Å². The molecule has 1 unspecified atom stereocenters. The molecule has 2 rings (SSSR count). The highest BCUT2D eigenvalue weighted by atomic mass is 35.5. The van der Waals surface area contributed by atoms with Gasteiger partial charge in [0.25, 0.3) is 0 Å². The summed E-state index contributed by atoms with van der Waals surface area (Å²) in [6.45, 7) is 5.06. The van der Waals surface area contributed by atoms with Crippen molar-refractivity contribution in [3.8, 4) is 5.75 Å². The molecule has 0 spiro atoms. The van der Waals surface area contributed by atoms with Crippen LogP contribution >= 0.6 is 11.6 Å². The lowest BCUT2D eigenvalue weighted by Gasteiger charge is -2.12. The Balaban J connectivity index is 1.82. The Morgan fingerprint density at radius 1 is 1.52 bits per heavy atom. The second kappa shape index (κ2) is 7.90. The van der Waals surface area contributed by atoms with Gasteiger partial charge in [-0.25, -0.2) is 4.79 Å². The number of rotatable bonds is 6. The fraction of sp³-hybridized carbons (Fsp3) is 0.400. The molecule has 5 nitrogen and oxygen atoms in total. The third-order valence-corrected chi connectivity index (χ3v) is 3.13. The minimum Gasteiger partial charge on any atom is -0.491 e. The van der Waals surface area contributed by atoms with Crippen molar-refractivity contribution in [3.63, 3.8) is 0 Å². The lowest BCUT2D eigenvalue weighted by molar-refractivity contribution is 0.0680. The summed E-state index contributed by atoms with van der Waals surface area (Å²) in [4.78, 5) is 11.6. The van der Waals surface area contributed by atoms with Crippen LogP contribution in [-0.2, 0) is 4.74 Å². The maximum absolute atomic E-state index is 11.6. The summed E-state index contributed by atoms with van der Waals surface area (Å²) >= 11 is 5.58. The number of amides is 2. The Hall–Kier alpha value is -1.72. The Morgan fingerprint density at radius 3 is 3.10 bits per heavy atom. The van der Waals surface area contributed by atoms with Gasteiger partial charge >= 0.3 is 6.03 Å². The van der Waals surface area contributed by atoms with E-state index in [4.69, 9.17) is 21.1 Å². The van der Waals surface area contributed by atoms with Gasteiger partial charge < -0.3 is 20.1 Å². The standard InChI is InChI=1S/C15H19ClN2O3/c1-11(16)9-17-15(19)18-12-4-2-5-13(8-12)21-10-14-6-3-7-20-14/h2,4-5,8,14H,1,3,6-7,9-10H2,(H2,17,18,19). The fourth-order valence-corrected chi connectivity index (χ4v) is 2.05. The van der Waals surface area contributed by atoms with Gasteiger partial charge in [-0.2, -0.15) is 0 Å². The largest absolute Gasteiger partial charge is 0.491 e. The molecule has 1 saturated heterocycles. The average molecular weight is 311 g/mol. The van der Waals surface area contributed by atoms with E-state index in [9.17, 15) is 4.79 Å². The average Bonchev–Trinajstić information content (AvgIpc) is 2.97. The van der Waals surface area contributed by atoms with Gasteiger partial charge in [0, 0.05) is 23.4 Å². The molecular formula is C15H19ClN2O3. The molecule has 0 radical (unpaired) electrons. The van der Waals surface area contributed by atoms with E-state index in [1.54, 1.807) is 12.1 Å². The van der Waals surface area contributed by atoms with Crippen molar-refractivity contribution in [2.75, 3.05) is 25.1 Å². The van der Waals surface area contributed by atoms with E-state index in [2.05, 4.69) is 17.2 Å². The van der Waals surface area contributed by atoms with Crippen LogP contribution in [-0.4, -0.2) is 31.9 Å². The van der Waals surface area contributed by atoms with Crippen LogP contribution < -0.4 is 15.4 Å². The van der Waals surface area contributed by atoms with Crippen LogP contribution in [0.2, 0.25) is 0 Å². The number of urea groups is 1. The minimum atomic E-state index is -0.340. The second-order valence-electron chi connectivity index (χ2n) is 4.80. The Morgan fingerprint density at radius 2 is 2.38 bits per heavy atom. The molecule has 2 amide bonds. The highest BCUT2D eigenvalue weighted by Gasteiger charge is 2.16. The van der Waals surface area contributed by atoms with Crippen molar-refractivity contribution < 1.29 is 14.3 Å². The molecule has 1 heterocycles. The summed E-state index contributed by atoms with van der Waals surface area (Å²) in [5.74, 6) is 0.699. The molecule has 1 aliphatic rings. The first-order chi connectivity index (χ1) is 10.1. The van der Waals surface area contributed by atoms with Gasteiger partial charge in [-0.15, -0.1) is 0 Å². The van der Waals surface area contributed by atoms with Crippen LogP contribution in [0.15, 0.2) is 35.9 Å². The lowest BCUT2D eigenvalue weighted by atomic mass is 10.2. The van der Waals surface area contributed by atoms with Gasteiger partial charge in [0.1, 0.15) is 12.4 Å². The van der Waals surface area contributed by atoms with E-state index in [1.165, 1.54) is 0 Å². The van der Waals surface area contributed by atoms with Crippen molar-refractivity contribution in [2.45, 2.75) is 18.9 Å². The normalized spacial score (nSPS) is 17.3. The van der Waals surface area contributed by atoms with Crippen LogP contribution in [0.4, 0.5) is 10.5 Å². The summed E-state index contributed by atoms with van der Waals surface area (Å²) in [5, 5.41) is 5.66. The topological polar surface area (TPSA) is 59.6 Å². The first kappa shape index (κ1) is 15.7. The van der Waals surface area contributed by atoms with E-state index >= 15 is 0 Å². The molecule has 1 aromatic rings. The van der Waals surface area contributed by atoms with Crippen LogP contribution in [0.1, 0.15) is 12.8 Å². The first-order valence-electron chi connectivity index (χ1n) is 6.86. The maximum Gasteiger partial charge on any atom is 0.319 e. The Kier molecular flexibility index (Phi) is 5.90. The van der Waals surface area contributed by atoms with Gasteiger partial charge in [0.2, 0.25) is 0 Å². The third-order valence-electron chi connectivity index (χ3n) is 2.99. The summed E-state index contributed by atoms with van der Waals surface area (Å²) in [6, 6.07) is 6.88. The maximum atomic E-state index is 11.6. The summed E-state index contributed by atoms with van der Waals surface area (Å²) in [7, 11) is 0. The molecule has 0 saturated carbocycles. The molecule has 21 heavy (non-hydrogen) atoms. The highest BCUT2D eigenvalue weighted by molar-refractivity contribution is 6.29. The van der Waals surface area contributed by atoms with Crippen LogP contribution in [0.3, 0.4) is 0 Å². The number of hydrogen-bond acceptors (Lipinski definition) is 3. The summed E-state index contributed by atoms with van der Waals surface area (Å²) < 4.78 is 11.2. The number of benzene rings is 1. The lowest BCUT2D eigenvalue weighted by Crippen LogP contribution is -2.29. The zero-order valence-electron chi connectivity index (χ0n) is 11.7. The fourth-order valence-electron chi connectivity index (χ4n) is 1.98. The number of ether oxygens (including phenoxy) is 2. The van der Waals surface area contributed by atoms with Gasteiger partial charge in [-0.1, -0.05) is 24.2 Å². The zero-order chi connectivity index (χ0) is 15.1. The van der Waals surface area contributed by atoms with E-state index in [-0.39, 0.29) is 18.7 Å². The number of halogens is 1. The highest BCUT2D eigenvalue weighted by Crippen LogP contribution is 2.19. The van der Waals surface area contributed by atoms with Crippen LogP contribution in [0.25, 0.3) is 0 Å². The molecule has 0 aromatic heterocycles. The van der Waals surface area contributed by atoms with Gasteiger partial charge in [-0.05, 0) is 25.0 Å². The van der Waals surface area contributed by atoms with E-state index in [1.807, 2.05) is 12.1 Å². The van der Waals surface area contributed by atoms with E-state index in [0.29, 0.717) is 23.1 Å². The molecule has 0 aliphatic carbocycles. The predicted octanol–water partition coefficient (Wildman–Crippen LogP) is 3.12. The minimum absolute atomic E-state index is 0.166. The summed E-state index contributed by atoms with van der Waals surface area (Å²) in [6.07, 6.45) is 2.28. The van der Waals surface area contributed by atoms with Crippen molar-refractivity contribution >= 4 is 23.3 Å². The van der Waals surface area contributed by atoms with E-state index in [0.717, 1.165) is 19.4 Å². The van der Waals surface area contributed by atoms with Crippen molar-refractivity contribution in [3.05, 3.63) is 35.9 Å². The first-order valence-corrected chi connectivity index (χ1v) is 7.24. The smallest absolute Gasteiger partial charge is 0.319 e. The molecule has 1 aromatic carbocycles. The van der Waals surface area contributed by atoms with Crippen molar-refractivity contribution in [1.82, 2.24) is 5.32 Å². The number of carbonyl (C=O) groups is 1. The van der Waals surface area contributed by atoms with Gasteiger partial charge in [-0.3, -0.25) is 0 Å². The Bertz CT molecular complexity index is 501. The number of carbonyl (C=O) groups excluding carboxylic acids is 1. The summed E-state index contributed by atoms with van der Waals surface area (Å²) in [5.41, 5.74) is 0.650. The third kappa shape index (κ3) is 5.65. The SMILES string of the molecule is C=C(Cl)CNC(=O)Nc1cccc(OCC2CCCO2)c1. The number of anilines is 1. The predicted molar refractivity (Wildman–Crippen MR) is 82.9 cm³/mol. The molecule has 1 fully saturated rings. The number of nitrogens with one attached hydrogen (secondary N) is 2. The van der Waals surface area contributed by atoms with Crippen molar-refractivity contribution in [2.24, 2.45) is 0 Å². The monoisotopic (exact) mass is 310 g/mol. The molecule has 6 heteroatoms. The Labute approximate surface area is 129 Å². The zero-order valence-corrected chi connectivity index (χ0v) is 12.5. The van der Waals surface area contributed by atoms with Gasteiger partial charge in [0.05, 0.1) is 12.6 Å². The van der Waals surface area contributed by atoms with Crippen LogP contribution in [0.5, 0.6) is 5.75 Å². The molecule has 114 valence electrons. The number of hydrogen-bond donors (Lipinski definition) is 2. The second-order valence-corrected chi connectivity index (χ2v) is 5.33. The quantitative estimate of drug-likeness (QED) is 0.848.